The molecule has 0 saturated carbocycles. The average Bonchev–Trinajstić information content (AvgIpc) is 2.47. The number of nitrogens with zero attached hydrogens (tertiary/aromatic N) is 1. The summed E-state index contributed by atoms with van der Waals surface area (Å²) in [5, 5.41) is 0. The van der Waals surface area contributed by atoms with Gasteiger partial charge in [-0.2, -0.15) is 0 Å². The minimum absolute atomic E-state index is 0.0773. The Labute approximate surface area is 112 Å². The number of hydrogen-bond donors (Lipinski definition) is 0. The van der Waals surface area contributed by atoms with Crippen molar-refractivity contribution in [3.05, 3.63) is 53.3 Å². The molecule has 2 rings (SSSR count). The van der Waals surface area contributed by atoms with Gasteiger partial charge in [0.05, 0.1) is 14.2 Å². The van der Waals surface area contributed by atoms with Gasteiger partial charge in [-0.1, -0.05) is 0 Å². The summed E-state index contributed by atoms with van der Waals surface area (Å²) in [6, 6.07) is 6.97. The van der Waals surface area contributed by atoms with Crippen LogP contribution in [0, 0.1) is 6.92 Å². The molecule has 0 aliphatic carbocycles. The lowest BCUT2D eigenvalue weighted by atomic mass is 9.99. The number of carbonyl (C=O) groups is 1. The number of methoxy groups -OCH3 is 2. The van der Waals surface area contributed by atoms with Crippen molar-refractivity contribution in [2.75, 3.05) is 14.2 Å². The minimum atomic E-state index is -0.0773. The Morgan fingerprint density at radius 1 is 1.16 bits per heavy atom. The van der Waals surface area contributed by atoms with Crippen LogP contribution < -0.4 is 9.47 Å². The standard InChI is InChI=1S/C15H15NO3/c1-10-7-13(18-2)14(19-3)8-12(10)15(17)11-5-4-6-16-9-11/h4-9H,1-3H3. The zero-order valence-corrected chi connectivity index (χ0v) is 11.1. The van der Waals surface area contributed by atoms with E-state index in [1.807, 2.05) is 6.92 Å². The molecule has 0 radical (unpaired) electrons. The summed E-state index contributed by atoms with van der Waals surface area (Å²) >= 11 is 0. The second-order valence-electron chi connectivity index (χ2n) is 4.09. The summed E-state index contributed by atoms with van der Waals surface area (Å²) in [4.78, 5) is 16.4. The predicted octanol–water partition coefficient (Wildman–Crippen LogP) is 2.64. The molecule has 0 aliphatic rings. The zero-order chi connectivity index (χ0) is 13.8. The first-order valence-corrected chi connectivity index (χ1v) is 5.84. The Balaban J connectivity index is 2.48. The van der Waals surface area contributed by atoms with Gasteiger partial charge >= 0.3 is 0 Å². The fraction of sp³-hybridized carbons (Fsp3) is 0.200. The second kappa shape index (κ2) is 5.52. The molecule has 0 aliphatic heterocycles. The van der Waals surface area contributed by atoms with Gasteiger partial charge in [-0.3, -0.25) is 9.78 Å². The van der Waals surface area contributed by atoms with Gasteiger partial charge in [-0.05, 0) is 36.8 Å². The zero-order valence-electron chi connectivity index (χ0n) is 11.1. The van der Waals surface area contributed by atoms with E-state index in [2.05, 4.69) is 4.98 Å². The normalized spacial score (nSPS) is 10.1. The molecule has 0 bridgehead atoms. The third kappa shape index (κ3) is 2.57. The molecule has 1 aromatic heterocycles. The van der Waals surface area contributed by atoms with Crippen LogP contribution in [0.5, 0.6) is 11.5 Å². The van der Waals surface area contributed by atoms with Crippen LogP contribution in [0.25, 0.3) is 0 Å². The Morgan fingerprint density at radius 3 is 2.42 bits per heavy atom. The van der Waals surface area contributed by atoms with Crippen LogP contribution in [0.2, 0.25) is 0 Å². The lowest BCUT2D eigenvalue weighted by molar-refractivity contribution is 0.103. The molecule has 0 spiro atoms. The number of ketones is 1. The van der Waals surface area contributed by atoms with Crippen LogP contribution in [0.4, 0.5) is 0 Å². The smallest absolute Gasteiger partial charge is 0.194 e. The second-order valence-corrected chi connectivity index (χ2v) is 4.09. The first-order valence-electron chi connectivity index (χ1n) is 5.84. The molecular formula is C15H15NO3. The molecular weight excluding hydrogens is 242 g/mol. The van der Waals surface area contributed by atoms with Gasteiger partial charge in [-0.25, -0.2) is 0 Å². The topological polar surface area (TPSA) is 48.4 Å². The number of benzene rings is 1. The van der Waals surface area contributed by atoms with E-state index >= 15 is 0 Å². The van der Waals surface area contributed by atoms with Crippen molar-refractivity contribution in [2.45, 2.75) is 6.92 Å². The van der Waals surface area contributed by atoms with Gasteiger partial charge in [0.15, 0.2) is 17.3 Å². The molecule has 0 fully saturated rings. The van der Waals surface area contributed by atoms with Crippen molar-refractivity contribution in [3.63, 3.8) is 0 Å². The first kappa shape index (κ1) is 13.1. The van der Waals surface area contributed by atoms with E-state index in [0.717, 1.165) is 5.56 Å². The maximum atomic E-state index is 12.4. The third-order valence-corrected chi connectivity index (χ3v) is 2.90. The lowest BCUT2D eigenvalue weighted by Crippen LogP contribution is -2.05. The lowest BCUT2D eigenvalue weighted by Gasteiger charge is -2.12. The van der Waals surface area contributed by atoms with Crippen LogP contribution in [-0.4, -0.2) is 25.0 Å². The highest BCUT2D eigenvalue weighted by atomic mass is 16.5. The van der Waals surface area contributed by atoms with Crippen LogP contribution in [0.3, 0.4) is 0 Å². The predicted molar refractivity (Wildman–Crippen MR) is 72.0 cm³/mol. The summed E-state index contributed by atoms with van der Waals surface area (Å²) in [5.74, 6) is 1.08. The van der Waals surface area contributed by atoms with Gasteiger partial charge in [0.25, 0.3) is 0 Å². The number of hydrogen-bond acceptors (Lipinski definition) is 4. The Bertz CT molecular complexity index is 594. The summed E-state index contributed by atoms with van der Waals surface area (Å²) < 4.78 is 10.4. The minimum Gasteiger partial charge on any atom is -0.493 e. The molecule has 2 aromatic rings. The summed E-state index contributed by atoms with van der Waals surface area (Å²) in [6.45, 7) is 1.87. The molecule has 0 unspecified atom stereocenters. The third-order valence-electron chi connectivity index (χ3n) is 2.90. The summed E-state index contributed by atoms with van der Waals surface area (Å²) in [6.07, 6.45) is 3.19. The molecule has 0 N–H and O–H groups in total. The van der Waals surface area contributed by atoms with Gasteiger partial charge in [0.2, 0.25) is 0 Å². The number of pyridine rings is 1. The Kier molecular flexibility index (Phi) is 3.80. The van der Waals surface area contributed by atoms with Crippen molar-refractivity contribution in [1.29, 1.82) is 0 Å². The number of aromatic nitrogens is 1. The van der Waals surface area contributed by atoms with E-state index in [1.54, 1.807) is 50.9 Å². The maximum Gasteiger partial charge on any atom is 0.194 e. The van der Waals surface area contributed by atoms with Crippen LogP contribution in [0.15, 0.2) is 36.7 Å². The van der Waals surface area contributed by atoms with Crippen molar-refractivity contribution < 1.29 is 14.3 Å². The molecule has 1 aromatic carbocycles. The highest BCUT2D eigenvalue weighted by molar-refractivity contribution is 6.10. The van der Waals surface area contributed by atoms with Gasteiger partial charge in [0, 0.05) is 23.5 Å². The molecule has 0 amide bonds. The van der Waals surface area contributed by atoms with E-state index in [-0.39, 0.29) is 5.78 Å². The van der Waals surface area contributed by atoms with E-state index in [1.165, 1.54) is 0 Å². The van der Waals surface area contributed by atoms with Crippen molar-refractivity contribution in [1.82, 2.24) is 4.98 Å². The van der Waals surface area contributed by atoms with Crippen LogP contribution in [0.1, 0.15) is 21.5 Å². The quantitative estimate of drug-likeness (QED) is 0.790. The van der Waals surface area contributed by atoms with E-state index in [4.69, 9.17) is 9.47 Å². The van der Waals surface area contributed by atoms with Crippen LogP contribution >= 0.6 is 0 Å². The van der Waals surface area contributed by atoms with Gasteiger partial charge in [0.1, 0.15) is 0 Å². The highest BCUT2D eigenvalue weighted by Crippen LogP contribution is 2.31. The molecule has 4 heteroatoms. The van der Waals surface area contributed by atoms with E-state index in [9.17, 15) is 4.79 Å². The number of ether oxygens (including phenoxy) is 2. The molecule has 0 saturated heterocycles. The summed E-state index contributed by atoms with van der Waals surface area (Å²) in [7, 11) is 3.12. The molecule has 1 heterocycles. The van der Waals surface area contributed by atoms with Gasteiger partial charge in [-0.15, -0.1) is 0 Å². The Morgan fingerprint density at radius 2 is 1.84 bits per heavy atom. The van der Waals surface area contributed by atoms with E-state index in [0.29, 0.717) is 22.6 Å². The number of aryl methyl sites for hydroxylation is 1. The highest BCUT2D eigenvalue weighted by Gasteiger charge is 2.16. The molecule has 98 valence electrons. The fourth-order valence-electron chi connectivity index (χ4n) is 1.88. The van der Waals surface area contributed by atoms with Crippen LogP contribution in [-0.2, 0) is 0 Å². The van der Waals surface area contributed by atoms with Crippen molar-refractivity contribution >= 4 is 5.78 Å². The van der Waals surface area contributed by atoms with Crippen molar-refractivity contribution in [2.24, 2.45) is 0 Å². The largest absolute Gasteiger partial charge is 0.493 e. The van der Waals surface area contributed by atoms with Crippen molar-refractivity contribution in [3.8, 4) is 11.5 Å². The molecule has 19 heavy (non-hydrogen) atoms. The Hall–Kier alpha value is -2.36. The number of rotatable bonds is 4. The maximum absolute atomic E-state index is 12.4. The monoisotopic (exact) mass is 257 g/mol. The average molecular weight is 257 g/mol. The van der Waals surface area contributed by atoms with E-state index < -0.39 is 0 Å². The molecule has 0 atom stereocenters. The summed E-state index contributed by atoms with van der Waals surface area (Å²) in [5.41, 5.74) is 1.98. The molecule has 4 nitrogen and oxygen atoms in total. The first-order chi connectivity index (χ1) is 9.17. The fourth-order valence-corrected chi connectivity index (χ4v) is 1.88. The SMILES string of the molecule is COc1cc(C)c(C(=O)c2cccnc2)cc1OC. The van der Waals surface area contributed by atoms with Gasteiger partial charge < -0.3 is 9.47 Å². The number of carbonyl (C=O) groups excluding carboxylic acids is 1.